The molecule has 0 radical (unpaired) electrons. The van der Waals surface area contributed by atoms with Crippen molar-refractivity contribution in [1.29, 1.82) is 0 Å². The summed E-state index contributed by atoms with van der Waals surface area (Å²) < 4.78 is 1.44. The van der Waals surface area contributed by atoms with E-state index in [4.69, 9.17) is 0 Å². The van der Waals surface area contributed by atoms with Crippen molar-refractivity contribution in [2.45, 2.75) is 19.6 Å². The van der Waals surface area contributed by atoms with Crippen molar-refractivity contribution < 1.29 is 4.79 Å². The van der Waals surface area contributed by atoms with Crippen molar-refractivity contribution in [3.05, 3.63) is 76.2 Å². The Kier molecular flexibility index (Phi) is 5.43. The van der Waals surface area contributed by atoms with Crippen LogP contribution in [-0.2, 0) is 24.4 Å². The first kappa shape index (κ1) is 17.8. The fourth-order valence-corrected chi connectivity index (χ4v) is 2.81. The van der Waals surface area contributed by atoms with Gasteiger partial charge in [-0.1, -0.05) is 36.4 Å². The molecule has 6 heteroatoms. The maximum absolute atomic E-state index is 12.3. The van der Waals surface area contributed by atoms with Gasteiger partial charge in [-0.05, 0) is 37.4 Å². The number of carbonyl (C=O) groups is 1. The first-order chi connectivity index (χ1) is 12.5. The average Bonchev–Trinajstić information content (AvgIpc) is 2.63. The van der Waals surface area contributed by atoms with Crippen LogP contribution in [0.15, 0.2) is 59.5 Å². The molecule has 1 N–H and O–H groups in total. The van der Waals surface area contributed by atoms with Crippen LogP contribution in [0, 0.1) is 0 Å². The highest BCUT2D eigenvalue weighted by Crippen LogP contribution is 2.08. The monoisotopic (exact) mass is 350 g/mol. The Morgan fingerprint density at radius 2 is 1.77 bits per heavy atom. The summed E-state index contributed by atoms with van der Waals surface area (Å²) in [4.78, 5) is 30.6. The third-order valence-corrected chi connectivity index (χ3v) is 4.07. The summed E-state index contributed by atoms with van der Waals surface area (Å²) in [5.74, 6) is -0.208. The lowest BCUT2D eigenvalue weighted by molar-refractivity contribution is -0.121. The van der Waals surface area contributed by atoms with Crippen molar-refractivity contribution >= 4 is 16.9 Å². The van der Waals surface area contributed by atoms with Crippen LogP contribution in [0.3, 0.4) is 0 Å². The van der Waals surface area contributed by atoms with E-state index in [1.807, 2.05) is 44.4 Å². The fraction of sp³-hybridized carbons (Fsp3) is 0.250. The maximum Gasteiger partial charge on any atom is 0.269 e. The van der Waals surface area contributed by atoms with Gasteiger partial charge >= 0.3 is 0 Å². The summed E-state index contributed by atoms with van der Waals surface area (Å²) in [5.41, 5.74) is 3.30. The zero-order chi connectivity index (χ0) is 18.5. The van der Waals surface area contributed by atoms with Gasteiger partial charge in [0.1, 0.15) is 6.54 Å². The molecule has 0 aliphatic heterocycles. The number of hydrogen-bond acceptors (Lipinski definition) is 4. The van der Waals surface area contributed by atoms with Crippen LogP contribution in [0.5, 0.6) is 0 Å². The minimum Gasteiger partial charge on any atom is -0.350 e. The summed E-state index contributed by atoms with van der Waals surface area (Å²) in [6.45, 7) is 1.28. The summed E-state index contributed by atoms with van der Waals surface area (Å²) in [5, 5.41) is 2.87. The highest BCUT2D eigenvalue weighted by Gasteiger charge is 2.08. The average molecular weight is 350 g/mol. The number of fused-ring (bicyclic) bond motifs is 1. The summed E-state index contributed by atoms with van der Waals surface area (Å²) in [6.07, 6.45) is 1.25. The second-order valence-corrected chi connectivity index (χ2v) is 6.50. The quantitative estimate of drug-likeness (QED) is 0.736. The first-order valence-electron chi connectivity index (χ1n) is 8.47. The number of aromatic nitrogens is 2. The lowest BCUT2D eigenvalue weighted by Crippen LogP contribution is -2.32. The zero-order valence-electron chi connectivity index (χ0n) is 15.0. The summed E-state index contributed by atoms with van der Waals surface area (Å²) in [6, 6.07) is 15.4. The highest BCUT2D eigenvalue weighted by atomic mass is 16.2. The molecular formula is C20H22N4O2. The van der Waals surface area contributed by atoms with Crippen LogP contribution in [0.4, 0.5) is 0 Å². The van der Waals surface area contributed by atoms with Gasteiger partial charge in [-0.25, -0.2) is 4.98 Å². The van der Waals surface area contributed by atoms with Crippen LogP contribution in [0.2, 0.25) is 0 Å². The molecule has 0 aliphatic carbocycles. The molecule has 0 spiro atoms. The molecule has 1 heterocycles. The van der Waals surface area contributed by atoms with Gasteiger partial charge in [-0.3, -0.25) is 14.2 Å². The lowest BCUT2D eigenvalue weighted by atomic mass is 10.1. The van der Waals surface area contributed by atoms with Crippen molar-refractivity contribution in [2.24, 2.45) is 0 Å². The molecule has 3 rings (SSSR count). The minimum absolute atomic E-state index is 0.0272. The van der Waals surface area contributed by atoms with Gasteiger partial charge in [0.05, 0.1) is 17.2 Å². The van der Waals surface area contributed by atoms with Crippen LogP contribution in [0.25, 0.3) is 11.0 Å². The van der Waals surface area contributed by atoms with Gasteiger partial charge in [-0.2, -0.15) is 0 Å². The van der Waals surface area contributed by atoms with Crippen molar-refractivity contribution in [3.63, 3.8) is 0 Å². The molecular weight excluding hydrogens is 328 g/mol. The molecule has 2 aromatic carbocycles. The van der Waals surface area contributed by atoms with E-state index in [2.05, 4.69) is 27.3 Å². The minimum atomic E-state index is -0.285. The third kappa shape index (κ3) is 4.34. The SMILES string of the molecule is CN(C)Cc1ccc(CNC(=O)Cn2c(=O)cnc3ccccc32)cc1. The number of hydrogen-bond donors (Lipinski definition) is 1. The van der Waals surface area contributed by atoms with Crippen LogP contribution in [-0.4, -0.2) is 34.5 Å². The van der Waals surface area contributed by atoms with E-state index in [1.165, 1.54) is 16.3 Å². The van der Waals surface area contributed by atoms with Crippen LogP contribution < -0.4 is 10.9 Å². The number of nitrogens with zero attached hydrogens (tertiary/aromatic N) is 3. The van der Waals surface area contributed by atoms with Gasteiger partial charge in [0.2, 0.25) is 5.91 Å². The molecule has 0 fully saturated rings. The number of nitrogens with one attached hydrogen (secondary N) is 1. The van der Waals surface area contributed by atoms with Crippen LogP contribution >= 0.6 is 0 Å². The van der Waals surface area contributed by atoms with Crippen LogP contribution in [0.1, 0.15) is 11.1 Å². The Labute approximate surface area is 152 Å². The van der Waals surface area contributed by atoms with E-state index in [1.54, 1.807) is 6.07 Å². The third-order valence-electron chi connectivity index (χ3n) is 4.07. The number of carbonyl (C=O) groups excluding carboxylic acids is 1. The standard InChI is InChI=1S/C20H22N4O2/c1-23(2)13-16-9-7-15(8-10-16)11-22-19(25)14-24-18-6-4-3-5-17(18)21-12-20(24)26/h3-10,12H,11,13-14H2,1-2H3,(H,22,25). The summed E-state index contributed by atoms with van der Waals surface area (Å²) in [7, 11) is 4.05. The molecule has 0 saturated carbocycles. The zero-order valence-corrected chi connectivity index (χ0v) is 15.0. The second-order valence-electron chi connectivity index (χ2n) is 6.50. The Bertz CT molecular complexity index is 961. The maximum atomic E-state index is 12.3. The molecule has 0 unspecified atom stereocenters. The molecule has 134 valence electrons. The van der Waals surface area contributed by atoms with Gasteiger partial charge < -0.3 is 10.2 Å². The fourth-order valence-electron chi connectivity index (χ4n) is 2.81. The van der Waals surface area contributed by atoms with Crippen molar-refractivity contribution in [3.8, 4) is 0 Å². The topological polar surface area (TPSA) is 67.2 Å². The molecule has 0 atom stereocenters. The second kappa shape index (κ2) is 7.93. The predicted molar refractivity (Wildman–Crippen MR) is 102 cm³/mol. The van der Waals surface area contributed by atoms with Gasteiger partial charge in [0.15, 0.2) is 0 Å². The lowest BCUT2D eigenvalue weighted by Gasteiger charge is -2.11. The van der Waals surface area contributed by atoms with E-state index in [0.29, 0.717) is 17.6 Å². The molecule has 6 nitrogen and oxygen atoms in total. The molecule has 0 aliphatic rings. The van der Waals surface area contributed by atoms with E-state index < -0.39 is 0 Å². The number of amides is 1. The van der Waals surface area contributed by atoms with E-state index >= 15 is 0 Å². The Hall–Kier alpha value is -2.99. The Balaban J connectivity index is 1.65. The molecule has 26 heavy (non-hydrogen) atoms. The van der Waals surface area contributed by atoms with Gasteiger partial charge in [-0.15, -0.1) is 0 Å². The molecule has 1 aromatic heterocycles. The Morgan fingerprint density at radius 3 is 2.50 bits per heavy atom. The predicted octanol–water partition coefficient (Wildman–Crippen LogP) is 1.77. The Morgan fingerprint density at radius 1 is 1.08 bits per heavy atom. The molecule has 3 aromatic rings. The number of para-hydroxylation sites is 2. The highest BCUT2D eigenvalue weighted by molar-refractivity contribution is 5.79. The molecule has 0 bridgehead atoms. The van der Waals surface area contributed by atoms with Crippen molar-refractivity contribution in [2.75, 3.05) is 14.1 Å². The summed E-state index contributed by atoms with van der Waals surface area (Å²) >= 11 is 0. The smallest absolute Gasteiger partial charge is 0.269 e. The molecule has 0 saturated heterocycles. The molecule has 1 amide bonds. The van der Waals surface area contributed by atoms with Gasteiger partial charge in [0.25, 0.3) is 5.56 Å². The van der Waals surface area contributed by atoms with E-state index in [9.17, 15) is 9.59 Å². The van der Waals surface area contributed by atoms with Crippen molar-refractivity contribution in [1.82, 2.24) is 19.8 Å². The number of rotatable bonds is 6. The normalized spacial score (nSPS) is 11.0. The number of benzene rings is 2. The van der Waals surface area contributed by atoms with E-state index in [0.717, 1.165) is 12.1 Å². The van der Waals surface area contributed by atoms with Gasteiger partial charge in [0, 0.05) is 13.1 Å². The van der Waals surface area contributed by atoms with E-state index in [-0.39, 0.29) is 18.0 Å². The first-order valence-corrected chi connectivity index (χ1v) is 8.47. The largest absolute Gasteiger partial charge is 0.350 e.